The van der Waals surface area contributed by atoms with Crippen LogP contribution >= 0.6 is 0 Å². The first-order valence-electron chi connectivity index (χ1n) is 19.6. The van der Waals surface area contributed by atoms with E-state index in [0.717, 1.165) is 88.2 Å². The molecule has 8 aromatic carbocycles. The van der Waals surface area contributed by atoms with Crippen molar-refractivity contribution in [3.8, 4) is 39.9 Å². The van der Waals surface area contributed by atoms with Crippen molar-refractivity contribution in [2.75, 3.05) is 0 Å². The Hall–Kier alpha value is -8.16. The van der Waals surface area contributed by atoms with Gasteiger partial charge >= 0.3 is 0 Å². The maximum absolute atomic E-state index is 6.32. The average molecular weight is 756 g/mol. The van der Waals surface area contributed by atoms with Gasteiger partial charge in [-0.2, -0.15) is 0 Å². The number of hydrogen-bond acceptors (Lipinski definition) is 6. The van der Waals surface area contributed by atoms with E-state index < -0.39 is 0 Å². The highest BCUT2D eigenvalue weighted by atomic mass is 16.3. The van der Waals surface area contributed by atoms with Crippen molar-refractivity contribution in [1.82, 2.24) is 24.5 Å². The van der Waals surface area contributed by atoms with Crippen molar-refractivity contribution in [1.29, 1.82) is 0 Å². The lowest BCUT2D eigenvalue weighted by Crippen LogP contribution is -2.02. The van der Waals surface area contributed by atoms with E-state index >= 15 is 0 Å². The fraction of sp³-hybridized carbons (Fsp3) is 0. The lowest BCUT2D eigenvalue weighted by molar-refractivity contribution is 0.668. The van der Waals surface area contributed by atoms with Crippen LogP contribution in [0.25, 0.3) is 127 Å². The van der Waals surface area contributed by atoms with Crippen molar-refractivity contribution in [2.45, 2.75) is 0 Å². The van der Waals surface area contributed by atoms with Gasteiger partial charge in [-0.15, -0.1) is 0 Å². The number of nitrogens with zero attached hydrogens (tertiary/aromatic N) is 5. The normalized spacial score (nSPS) is 12.1. The molecule has 0 saturated heterocycles. The van der Waals surface area contributed by atoms with E-state index in [9.17, 15) is 0 Å². The molecule has 0 aliphatic rings. The van der Waals surface area contributed by atoms with Gasteiger partial charge in [0.05, 0.1) is 16.7 Å². The van der Waals surface area contributed by atoms with Crippen LogP contribution in [0.5, 0.6) is 0 Å². The summed E-state index contributed by atoms with van der Waals surface area (Å²) in [7, 11) is 0. The predicted molar refractivity (Wildman–Crippen MR) is 238 cm³/mol. The van der Waals surface area contributed by atoms with Crippen LogP contribution in [0.1, 0.15) is 0 Å². The summed E-state index contributed by atoms with van der Waals surface area (Å²) >= 11 is 0. The van der Waals surface area contributed by atoms with E-state index in [0.29, 0.717) is 17.5 Å². The Balaban J connectivity index is 1.07. The molecule has 0 N–H and O–H groups in total. The fourth-order valence-corrected chi connectivity index (χ4v) is 9.11. The second-order valence-electron chi connectivity index (χ2n) is 15.0. The van der Waals surface area contributed by atoms with Gasteiger partial charge < -0.3 is 13.4 Å². The molecule has 0 atom stereocenters. The Bertz CT molecular complexity index is 3870. The molecular weight excluding hydrogens is 727 g/mol. The number of furan rings is 2. The second-order valence-corrected chi connectivity index (χ2v) is 15.0. The minimum absolute atomic E-state index is 0.535. The van der Waals surface area contributed by atoms with E-state index in [2.05, 4.69) is 119 Å². The molecule has 5 heterocycles. The number of para-hydroxylation sites is 2. The first kappa shape index (κ1) is 32.0. The molecule has 274 valence electrons. The minimum atomic E-state index is 0.535. The Labute approximate surface area is 335 Å². The monoisotopic (exact) mass is 755 g/mol. The van der Waals surface area contributed by atoms with Crippen LogP contribution < -0.4 is 0 Å². The van der Waals surface area contributed by atoms with Gasteiger partial charge in [0.15, 0.2) is 23.1 Å². The molecule has 0 aliphatic carbocycles. The van der Waals surface area contributed by atoms with Crippen LogP contribution in [0.4, 0.5) is 0 Å². The molecule has 13 rings (SSSR count). The molecule has 0 spiro atoms. The molecule has 0 fully saturated rings. The highest BCUT2D eigenvalue weighted by molar-refractivity contribution is 6.22. The van der Waals surface area contributed by atoms with Crippen LogP contribution in [0.15, 0.2) is 185 Å². The summed E-state index contributed by atoms with van der Waals surface area (Å²) in [4.78, 5) is 20.3. The summed E-state index contributed by atoms with van der Waals surface area (Å²) in [6.07, 6.45) is 1.79. The number of fused-ring (bicyclic) bond motifs is 12. The van der Waals surface area contributed by atoms with Gasteiger partial charge in [0, 0.05) is 55.2 Å². The Morgan fingerprint density at radius 2 is 1.10 bits per heavy atom. The van der Waals surface area contributed by atoms with Crippen molar-refractivity contribution in [2.24, 2.45) is 0 Å². The summed E-state index contributed by atoms with van der Waals surface area (Å²) in [5.74, 6) is 1.65. The van der Waals surface area contributed by atoms with Crippen LogP contribution in [-0.2, 0) is 0 Å². The number of hydrogen-bond donors (Lipinski definition) is 0. The Kier molecular flexibility index (Phi) is 6.60. The van der Waals surface area contributed by atoms with Crippen molar-refractivity contribution in [3.05, 3.63) is 176 Å². The zero-order valence-corrected chi connectivity index (χ0v) is 31.3. The molecule has 0 bridgehead atoms. The maximum atomic E-state index is 6.32. The molecular formula is C52H29N5O2. The standard InChI is InChI=1S/C52H29N5O2/c1-2-12-32-30(11-1)23-26-42-47(32)36-15-5-7-18-40(36)57(42)41-27-25-35(33-13-3-4-14-34(33)41)51-54-50(31-22-24-38-46(29-31)59-45-21-10-28-53-49(38)45)55-52(56-51)39-17-9-20-44-48(39)37-16-6-8-19-43(37)58-44/h1-29H. The van der Waals surface area contributed by atoms with Crippen molar-refractivity contribution in [3.63, 3.8) is 0 Å². The van der Waals surface area contributed by atoms with Gasteiger partial charge in [-0.1, -0.05) is 109 Å². The van der Waals surface area contributed by atoms with E-state index in [4.69, 9.17) is 23.8 Å². The third-order valence-corrected chi connectivity index (χ3v) is 11.7. The summed E-state index contributed by atoms with van der Waals surface area (Å²) < 4.78 is 15.0. The summed E-state index contributed by atoms with van der Waals surface area (Å²) in [5, 5.41) is 9.95. The molecule has 0 unspecified atom stereocenters. The summed E-state index contributed by atoms with van der Waals surface area (Å²) in [6.45, 7) is 0. The molecule has 59 heavy (non-hydrogen) atoms. The van der Waals surface area contributed by atoms with Crippen LogP contribution in [0.3, 0.4) is 0 Å². The molecule has 0 saturated carbocycles. The van der Waals surface area contributed by atoms with Gasteiger partial charge in [-0.25, -0.2) is 15.0 Å². The zero-order valence-electron chi connectivity index (χ0n) is 31.3. The molecule has 0 radical (unpaired) electrons. The topological polar surface area (TPSA) is 82.8 Å². The minimum Gasteiger partial charge on any atom is -0.456 e. The van der Waals surface area contributed by atoms with Crippen LogP contribution in [0.2, 0.25) is 0 Å². The first-order valence-corrected chi connectivity index (χ1v) is 19.6. The number of pyridine rings is 1. The average Bonchev–Trinajstić information content (AvgIpc) is 3.98. The van der Waals surface area contributed by atoms with Gasteiger partial charge in [0.1, 0.15) is 22.3 Å². The van der Waals surface area contributed by atoms with E-state index in [1.54, 1.807) is 6.20 Å². The lowest BCUT2D eigenvalue weighted by Gasteiger charge is -2.15. The maximum Gasteiger partial charge on any atom is 0.164 e. The predicted octanol–water partition coefficient (Wildman–Crippen LogP) is 13.5. The highest BCUT2D eigenvalue weighted by Crippen LogP contribution is 2.42. The number of aromatic nitrogens is 5. The molecule has 0 amide bonds. The quantitative estimate of drug-likeness (QED) is 0.178. The lowest BCUT2D eigenvalue weighted by atomic mass is 10.0. The third-order valence-electron chi connectivity index (χ3n) is 11.7. The van der Waals surface area contributed by atoms with Crippen molar-refractivity contribution < 1.29 is 8.83 Å². The SMILES string of the molecule is c1ccc2c(c1)ccc1c2c2ccccc2n1-c1ccc(-c2nc(-c3ccc4c(c3)oc3cccnc34)nc(-c3cccc4oc5ccccc5c34)n2)c2ccccc12. The second kappa shape index (κ2) is 12.2. The Morgan fingerprint density at radius 1 is 0.390 bits per heavy atom. The molecule has 7 nitrogen and oxygen atoms in total. The smallest absolute Gasteiger partial charge is 0.164 e. The van der Waals surface area contributed by atoms with Gasteiger partial charge in [0.2, 0.25) is 0 Å². The molecule has 0 aliphatic heterocycles. The Morgan fingerprint density at radius 3 is 2.02 bits per heavy atom. The van der Waals surface area contributed by atoms with E-state index in [1.165, 1.54) is 21.5 Å². The first-order chi connectivity index (χ1) is 29.2. The van der Waals surface area contributed by atoms with Crippen LogP contribution in [0, 0.1) is 0 Å². The largest absolute Gasteiger partial charge is 0.456 e. The van der Waals surface area contributed by atoms with Gasteiger partial charge in [-0.05, 0) is 76.8 Å². The summed E-state index contributed by atoms with van der Waals surface area (Å²) in [5.41, 5.74) is 9.83. The van der Waals surface area contributed by atoms with Gasteiger partial charge in [0.25, 0.3) is 0 Å². The van der Waals surface area contributed by atoms with E-state index in [-0.39, 0.29) is 0 Å². The molecule has 7 heteroatoms. The van der Waals surface area contributed by atoms with E-state index in [1.807, 2.05) is 60.7 Å². The zero-order chi connectivity index (χ0) is 38.6. The van der Waals surface area contributed by atoms with Crippen LogP contribution in [-0.4, -0.2) is 24.5 Å². The highest BCUT2D eigenvalue weighted by Gasteiger charge is 2.22. The molecule has 5 aromatic heterocycles. The third kappa shape index (κ3) is 4.70. The molecule has 13 aromatic rings. The van der Waals surface area contributed by atoms with Gasteiger partial charge in [-0.3, -0.25) is 4.98 Å². The number of rotatable bonds is 4. The van der Waals surface area contributed by atoms with Crippen molar-refractivity contribution >= 4 is 87.4 Å². The number of benzene rings is 8. The summed E-state index contributed by atoms with van der Waals surface area (Å²) in [6, 6.07) is 58.8. The fourth-order valence-electron chi connectivity index (χ4n) is 9.11.